The van der Waals surface area contributed by atoms with E-state index in [1.165, 1.54) is 6.42 Å². The van der Waals surface area contributed by atoms with Gasteiger partial charge in [0.1, 0.15) is 11.5 Å². The molecule has 1 N–H and O–H groups in total. The van der Waals surface area contributed by atoms with E-state index in [-0.39, 0.29) is 11.9 Å². The molecule has 0 aliphatic carbocycles. The Balaban J connectivity index is 1.72. The van der Waals surface area contributed by atoms with Gasteiger partial charge in [-0.1, -0.05) is 56.1 Å². The maximum Gasteiger partial charge on any atom is 0.282 e. The molecule has 1 saturated heterocycles. The fourth-order valence-electron chi connectivity index (χ4n) is 4.44. The topological polar surface area (TPSA) is 57.2 Å². The predicted octanol–water partition coefficient (Wildman–Crippen LogP) is 4.81. The van der Waals surface area contributed by atoms with E-state index in [1.54, 1.807) is 7.11 Å². The van der Waals surface area contributed by atoms with Crippen molar-refractivity contribution in [2.75, 3.05) is 25.2 Å². The Labute approximate surface area is 188 Å². The van der Waals surface area contributed by atoms with Crippen molar-refractivity contribution in [2.45, 2.75) is 39.2 Å². The van der Waals surface area contributed by atoms with E-state index in [4.69, 9.17) is 21.4 Å². The summed E-state index contributed by atoms with van der Waals surface area (Å²) in [6.07, 6.45) is 3.39. The first-order chi connectivity index (χ1) is 14.9. The molecule has 1 unspecified atom stereocenters. The molecular weight excluding hydrogens is 412 g/mol. The second kappa shape index (κ2) is 8.89. The van der Waals surface area contributed by atoms with E-state index in [0.29, 0.717) is 10.7 Å². The molecule has 2 aromatic rings. The van der Waals surface area contributed by atoms with Crippen molar-refractivity contribution < 1.29 is 9.53 Å². The number of piperidine rings is 1. The number of hydrogen-bond donors (Lipinski definition) is 1. The Hall–Kier alpha value is -2.57. The van der Waals surface area contributed by atoms with Crippen LogP contribution in [0.5, 0.6) is 5.75 Å². The smallest absolute Gasteiger partial charge is 0.282 e. The number of carbonyl (C=O) groups is 1. The molecule has 2 aliphatic rings. The molecule has 1 fully saturated rings. The number of amides is 1. The number of carbonyl (C=O) groups excluding carboxylic acids is 1. The monoisotopic (exact) mass is 440 g/mol. The number of benzene rings is 2. The molecular formula is C24H29ClN4O2. The maximum atomic E-state index is 13.3. The van der Waals surface area contributed by atoms with Crippen molar-refractivity contribution >= 4 is 28.9 Å². The Morgan fingerprint density at radius 3 is 2.42 bits per heavy atom. The zero-order valence-corrected chi connectivity index (χ0v) is 19.0. The zero-order valence-electron chi connectivity index (χ0n) is 18.3. The number of hydrazine groups is 1. The van der Waals surface area contributed by atoms with Crippen LogP contribution in [0.25, 0.3) is 0 Å². The Kier molecular flexibility index (Phi) is 6.21. The third-order valence-corrected chi connectivity index (χ3v) is 6.43. The molecule has 0 aromatic heterocycles. The van der Waals surface area contributed by atoms with E-state index in [1.807, 2.05) is 58.5 Å². The van der Waals surface area contributed by atoms with Crippen molar-refractivity contribution in [3.63, 3.8) is 0 Å². The summed E-state index contributed by atoms with van der Waals surface area (Å²) in [4.78, 5) is 13.3. The molecule has 0 bridgehead atoms. The summed E-state index contributed by atoms with van der Waals surface area (Å²) < 4.78 is 5.33. The van der Waals surface area contributed by atoms with Crippen molar-refractivity contribution in [2.24, 2.45) is 10.5 Å². The number of nitrogens with one attached hydrogen (secondary N) is 1. The molecule has 2 aliphatic heterocycles. The van der Waals surface area contributed by atoms with Crippen LogP contribution in [0, 0.1) is 5.41 Å². The second-order valence-corrected chi connectivity index (χ2v) is 9.04. The first-order valence-electron chi connectivity index (χ1n) is 10.7. The van der Waals surface area contributed by atoms with Crippen LogP contribution in [0.2, 0.25) is 5.02 Å². The number of nitrogens with zero attached hydrogens (tertiary/aromatic N) is 3. The SMILES string of the molecule is COc1ccc(C2N(c3ccccc3Cl)N=C(C(=O)NN3CCCCC3)C2(C)C)cc1. The van der Waals surface area contributed by atoms with Gasteiger partial charge in [-0.15, -0.1) is 0 Å². The van der Waals surface area contributed by atoms with Crippen LogP contribution in [-0.2, 0) is 4.79 Å². The Morgan fingerprint density at radius 1 is 1.10 bits per heavy atom. The lowest BCUT2D eigenvalue weighted by Gasteiger charge is -2.34. The first-order valence-corrected chi connectivity index (χ1v) is 11.1. The quantitative estimate of drug-likeness (QED) is 0.724. The molecule has 0 radical (unpaired) electrons. The molecule has 6 nitrogen and oxygen atoms in total. The van der Waals surface area contributed by atoms with Gasteiger partial charge in [-0.3, -0.25) is 15.2 Å². The van der Waals surface area contributed by atoms with Crippen molar-refractivity contribution in [3.05, 3.63) is 59.1 Å². The summed E-state index contributed by atoms with van der Waals surface area (Å²) in [6.45, 7) is 5.87. The van der Waals surface area contributed by atoms with E-state index < -0.39 is 5.41 Å². The van der Waals surface area contributed by atoms with Gasteiger partial charge in [0.2, 0.25) is 0 Å². The minimum Gasteiger partial charge on any atom is -0.497 e. The maximum absolute atomic E-state index is 13.3. The summed E-state index contributed by atoms with van der Waals surface area (Å²) >= 11 is 6.54. The molecule has 2 heterocycles. The highest BCUT2D eigenvalue weighted by Crippen LogP contribution is 2.48. The number of methoxy groups -OCH3 is 1. The molecule has 1 atom stereocenters. The standard InChI is InChI=1S/C24H29ClN4O2/c1-24(2)21(23(30)27-28-15-7-4-8-16-28)26-29(20-10-6-5-9-19(20)25)22(24)17-11-13-18(31-3)14-12-17/h5-6,9-14,22H,4,7-8,15-16H2,1-3H3,(H,27,30). The van der Waals surface area contributed by atoms with Crippen LogP contribution in [0.15, 0.2) is 53.6 Å². The average Bonchev–Trinajstić information content (AvgIpc) is 3.05. The molecule has 31 heavy (non-hydrogen) atoms. The second-order valence-electron chi connectivity index (χ2n) is 8.63. The van der Waals surface area contributed by atoms with Gasteiger partial charge in [0.05, 0.1) is 23.9 Å². The van der Waals surface area contributed by atoms with Gasteiger partial charge in [0.25, 0.3) is 5.91 Å². The van der Waals surface area contributed by atoms with Gasteiger partial charge < -0.3 is 4.74 Å². The fourth-order valence-corrected chi connectivity index (χ4v) is 4.67. The minimum absolute atomic E-state index is 0.153. The van der Waals surface area contributed by atoms with Crippen LogP contribution in [-0.4, -0.2) is 36.8 Å². The average molecular weight is 441 g/mol. The highest BCUT2D eigenvalue weighted by Gasteiger charge is 2.49. The number of rotatable bonds is 5. The molecule has 2 aromatic carbocycles. The summed E-state index contributed by atoms with van der Waals surface area (Å²) in [5, 5.41) is 9.32. The highest BCUT2D eigenvalue weighted by molar-refractivity contribution is 6.41. The highest BCUT2D eigenvalue weighted by atomic mass is 35.5. The van der Waals surface area contributed by atoms with Gasteiger partial charge in [0, 0.05) is 18.5 Å². The normalized spacial score (nSPS) is 21.0. The van der Waals surface area contributed by atoms with Gasteiger partial charge in [-0.2, -0.15) is 5.10 Å². The molecule has 0 saturated carbocycles. The number of halogens is 1. The third-order valence-electron chi connectivity index (χ3n) is 6.11. The number of hydrazone groups is 1. The van der Waals surface area contributed by atoms with Gasteiger partial charge >= 0.3 is 0 Å². The predicted molar refractivity (Wildman–Crippen MR) is 124 cm³/mol. The first kappa shape index (κ1) is 21.7. The minimum atomic E-state index is -0.548. The molecule has 4 rings (SSSR count). The summed E-state index contributed by atoms with van der Waals surface area (Å²) in [5.74, 6) is 0.632. The van der Waals surface area contributed by atoms with Crippen LogP contribution in [0.4, 0.5) is 5.69 Å². The van der Waals surface area contributed by atoms with E-state index in [0.717, 1.165) is 42.9 Å². The lowest BCUT2D eigenvalue weighted by Crippen LogP contribution is -2.50. The number of hydrogen-bond acceptors (Lipinski definition) is 5. The van der Waals surface area contributed by atoms with Crippen molar-refractivity contribution in [1.82, 2.24) is 10.4 Å². The lowest BCUT2D eigenvalue weighted by molar-refractivity contribution is -0.120. The molecule has 1 amide bonds. The Bertz CT molecular complexity index is 968. The van der Waals surface area contributed by atoms with Gasteiger partial charge in [0.15, 0.2) is 0 Å². The largest absolute Gasteiger partial charge is 0.497 e. The van der Waals surface area contributed by atoms with Crippen molar-refractivity contribution in [1.29, 1.82) is 0 Å². The van der Waals surface area contributed by atoms with E-state index >= 15 is 0 Å². The van der Waals surface area contributed by atoms with Crippen molar-refractivity contribution in [3.8, 4) is 5.75 Å². The number of para-hydroxylation sites is 1. The van der Waals surface area contributed by atoms with Crippen LogP contribution in [0.1, 0.15) is 44.7 Å². The molecule has 7 heteroatoms. The van der Waals surface area contributed by atoms with E-state index in [2.05, 4.69) is 19.3 Å². The molecule has 0 spiro atoms. The number of anilines is 1. The third kappa shape index (κ3) is 4.27. The zero-order chi connectivity index (χ0) is 22.0. The molecule has 164 valence electrons. The fraction of sp³-hybridized carbons (Fsp3) is 0.417. The number of ether oxygens (including phenoxy) is 1. The van der Waals surface area contributed by atoms with E-state index in [9.17, 15) is 4.79 Å². The van der Waals surface area contributed by atoms with Crippen LogP contribution in [0.3, 0.4) is 0 Å². The van der Waals surface area contributed by atoms with Gasteiger partial charge in [-0.05, 0) is 42.7 Å². The summed E-state index contributed by atoms with van der Waals surface area (Å²) in [6, 6.07) is 15.3. The van der Waals surface area contributed by atoms with Gasteiger partial charge in [-0.25, -0.2) is 5.01 Å². The summed E-state index contributed by atoms with van der Waals surface area (Å²) in [5.41, 5.74) is 4.84. The van der Waals surface area contributed by atoms with Crippen LogP contribution < -0.4 is 15.2 Å². The Morgan fingerprint density at radius 2 is 1.77 bits per heavy atom. The lowest BCUT2D eigenvalue weighted by atomic mass is 9.77. The van der Waals surface area contributed by atoms with Crippen LogP contribution >= 0.6 is 11.6 Å². The summed E-state index contributed by atoms with van der Waals surface area (Å²) in [7, 11) is 1.65.